The van der Waals surface area contributed by atoms with Gasteiger partial charge in [0.05, 0.1) is 5.41 Å². The van der Waals surface area contributed by atoms with Crippen LogP contribution in [0.15, 0.2) is 28.7 Å². The third-order valence-corrected chi connectivity index (χ3v) is 6.13. The molecule has 4 heteroatoms. The molecule has 1 amide bonds. The fourth-order valence-electron chi connectivity index (χ4n) is 3.92. The van der Waals surface area contributed by atoms with Gasteiger partial charge in [-0.3, -0.25) is 4.79 Å². The van der Waals surface area contributed by atoms with Crippen LogP contribution in [-0.4, -0.2) is 37.0 Å². The third kappa shape index (κ3) is 3.48. The zero-order valence-electron chi connectivity index (χ0n) is 14.0. The van der Waals surface area contributed by atoms with E-state index in [1.807, 2.05) is 0 Å². The van der Waals surface area contributed by atoms with Crippen molar-refractivity contribution in [1.82, 2.24) is 10.2 Å². The van der Waals surface area contributed by atoms with Gasteiger partial charge in [0.1, 0.15) is 0 Å². The third-order valence-electron chi connectivity index (χ3n) is 5.60. The number of hydrogen-bond acceptors (Lipinski definition) is 2. The predicted octanol–water partition coefficient (Wildman–Crippen LogP) is 3.72. The van der Waals surface area contributed by atoms with Gasteiger partial charge in [0.2, 0.25) is 5.91 Å². The van der Waals surface area contributed by atoms with Crippen LogP contribution in [0.25, 0.3) is 0 Å². The largest absolute Gasteiger partial charge is 0.342 e. The van der Waals surface area contributed by atoms with E-state index in [1.54, 1.807) is 0 Å². The molecule has 1 aromatic rings. The summed E-state index contributed by atoms with van der Waals surface area (Å²) in [5.41, 5.74) is 0.960. The number of likely N-dealkylation sites (tertiary alicyclic amines) is 1. The molecule has 2 aliphatic rings. The standard InChI is InChI=1S/C19H27BrN2O/c1-2-21-14-15-8-12-22(13-9-15)18(23)19(10-3-11-19)16-4-6-17(20)7-5-16/h4-7,15,21H,2-3,8-14H2,1H3. The Hall–Kier alpha value is -0.870. The summed E-state index contributed by atoms with van der Waals surface area (Å²) in [5.74, 6) is 1.09. The Labute approximate surface area is 148 Å². The molecule has 2 fully saturated rings. The Morgan fingerprint density at radius 2 is 1.91 bits per heavy atom. The van der Waals surface area contributed by atoms with Crippen molar-refractivity contribution in [3.8, 4) is 0 Å². The first-order valence-electron chi connectivity index (χ1n) is 8.92. The second-order valence-electron chi connectivity index (χ2n) is 6.99. The molecule has 126 valence electrons. The van der Waals surface area contributed by atoms with Crippen molar-refractivity contribution in [2.24, 2.45) is 5.92 Å². The van der Waals surface area contributed by atoms with E-state index in [9.17, 15) is 4.79 Å². The van der Waals surface area contributed by atoms with Crippen LogP contribution < -0.4 is 5.32 Å². The van der Waals surface area contributed by atoms with Crippen molar-refractivity contribution < 1.29 is 4.79 Å². The number of carbonyl (C=O) groups excluding carboxylic acids is 1. The van der Waals surface area contributed by atoms with Gasteiger partial charge in [-0.2, -0.15) is 0 Å². The highest BCUT2D eigenvalue weighted by Crippen LogP contribution is 2.45. The fraction of sp³-hybridized carbons (Fsp3) is 0.632. The highest BCUT2D eigenvalue weighted by molar-refractivity contribution is 9.10. The van der Waals surface area contributed by atoms with Gasteiger partial charge in [-0.15, -0.1) is 0 Å². The minimum atomic E-state index is -0.241. The maximum atomic E-state index is 13.2. The normalized spacial score (nSPS) is 21.0. The van der Waals surface area contributed by atoms with E-state index in [2.05, 4.69) is 57.3 Å². The molecule has 1 saturated heterocycles. The zero-order chi connectivity index (χ0) is 16.3. The fourth-order valence-corrected chi connectivity index (χ4v) is 4.18. The van der Waals surface area contributed by atoms with E-state index in [1.165, 1.54) is 12.0 Å². The van der Waals surface area contributed by atoms with Crippen molar-refractivity contribution >= 4 is 21.8 Å². The molecule has 1 heterocycles. The highest BCUT2D eigenvalue weighted by atomic mass is 79.9. The Kier molecular flexibility index (Phi) is 5.42. The summed E-state index contributed by atoms with van der Waals surface area (Å²) in [4.78, 5) is 15.3. The van der Waals surface area contributed by atoms with Crippen LogP contribution in [0.3, 0.4) is 0 Å². The highest BCUT2D eigenvalue weighted by Gasteiger charge is 2.47. The van der Waals surface area contributed by atoms with Crippen LogP contribution in [-0.2, 0) is 10.2 Å². The van der Waals surface area contributed by atoms with Crippen molar-refractivity contribution in [3.05, 3.63) is 34.3 Å². The summed E-state index contributed by atoms with van der Waals surface area (Å²) in [5, 5.41) is 3.44. The zero-order valence-corrected chi connectivity index (χ0v) is 15.6. The molecule has 23 heavy (non-hydrogen) atoms. The van der Waals surface area contributed by atoms with E-state index < -0.39 is 0 Å². The molecule has 1 N–H and O–H groups in total. The predicted molar refractivity (Wildman–Crippen MR) is 97.5 cm³/mol. The van der Waals surface area contributed by atoms with Crippen LogP contribution in [0.5, 0.6) is 0 Å². The summed E-state index contributed by atoms with van der Waals surface area (Å²) in [7, 11) is 0. The van der Waals surface area contributed by atoms with E-state index in [0.29, 0.717) is 5.91 Å². The van der Waals surface area contributed by atoms with Crippen molar-refractivity contribution in [3.63, 3.8) is 0 Å². The van der Waals surface area contributed by atoms with Gasteiger partial charge in [-0.1, -0.05) is 41.4 Å². The molecule has 3 nitrogen and oxygen atoms in total. The Morgan fingerprint density at radius 1 is 1.26 bits per heavy atom. The quantitative estimate of drug-likeness (QED) is 0.846. The van der Waals surface area contributed by atoms with Gasteiger partial charge < -0.3 is 10.2 Å². The molecule has 0 aromatic heterocycles. The monoisotopic (exact) mass is 378 g/mol. The minimum absolute atomic E-state index is 0.241. The summed E-state index contributed by atoms with van der Waals surface area (Å²) >= 11 is 3.49. The summed E-state index contributed by atoms with van der Waals surface area (Å²) < 4.78 is 1.08. The van der Waals surface area contributed by atoms with Crippen molar-refractivity contribution in [2.75, 3.05) is 26.2 Å². The molecule has 0 radical (unpaired) electrons. The molecule has 0 bridgehead atoms. The number of halogens is 1. The lowest BCUT2D eigenvalue weighted by atomic mass is 9.63. The molecule has 0 atom stereocenters. The van der Waals surface area contributed by atoms with Crippen LogP contribution in [0.4, 0.5) is 0 Å². The average molecular weight is 379 g/mol. The second-order valence-corrected chi connectivity index (χ2v) is 7.90. The van der Waals surface area contributed by atoms with Crippen molar-refractivity contribution in [2.45, 2.75) is 44.4 Å². The number of nitrogens with one attached hydrogen (secondary N) is 1. The Bertz CT molecular complexity index is 531. The van der Waals surface area contributed by atoms with Gasteiger partial charge in [-0.25, -0.2) is 0 Å². The van der Waals surface area contributed by atoms with Gasteiger partial charge in [0.15, 0.2) is 0 Å². The molecule has 0 spiro atoms. The maximum absolute atomic E-state index is 13.2. The van der Waals surface area contributed by atoms with Gasteiger partial charge >= 0.3 is 0 Å². The SMILES string of the molecule is CCNCC1CCN(C(=O)C2(c3ccc(Br)cc3)CCC2)CC1. The van der Waals surface area contributed by atoms with Crippen LogP contribution in [0.2, 0.25) is 0 Å². The molecule has 1 aliphatic carbocycles. The first kappa shape index (κ1) is 17.0. The number of carbonyl (C=O) groups is 1. The van der Waals surface area contributed by atoms with Crippen LogP contribution in [0.1, 0.15) is 44.6 Å². The molecule has 3 rings (SSSR count). The summed E-state index contributed by atoms with van der Waals surface area (Å²) in [6, 6.07) is 8.37. The lowest BCUT2D eigenvalue weighted by molar-refractivity contribution is -0.142. The Balaban J connectivity index is 1.66. The van der Waals surface area contributed by atoms with E-state index in [-0.39, 0.29) is 5.41 Å². The average Bonchev–Trinajstić information content (AvgIpc) is 2.54. The molecular formula is C19H27BrN2O. The number of rotatable bonds is 5. The number of benzene rings is 1. The first-order chi connectivity index (χ1) is 11.2. The first-order valence-corrected chi connectivity index (χ1v) is 9.71. The van der Waals surface area contributed by atoms with Crippen LogP contribution in [0, 0.1) is 5.92 Å². The Morgan fingerprint density at radius 3 is 2.43 bits per heavy atom. The van der Waals surface area contributed by atoms with Gasteiger partial charge in [0, 0.05) is 17.6 Å². The second kappa shape index (κ2) is 7.35. The van der Waals surface area contributed by atoms with Gasteiger partial charge in [-0.05, 0) is 62.4 Å². The lowest BCUT2D eigenvalue weighted by Gasteiger charge is -2.45. The number of hydrogen-bond donors (Lipinski definition) is 1. The van der Waals surface area contributed by atoms with E-state index >= 15 is 0 Å². The molecule has 0 unspecified atom stereocenters. The number of amides is 1. The van der Waals surface area contributed by atoms with E-state index in [0.717, 1.165) is 62.3 Å². The number of nitrogens with zero attached hydrogens (tertiary/aromatic N) is 1. The maximum Gasteiger partial charge on any atom is 0.233 e. The summed E-state index contributed by atoms with van der Waals surface area (Å²) in [6.45, 7) is 6.12. The summed E-state index contributed by atoms with van der Waals surface area (Å²) in [6.07, 6.45) is 5.44. The topological polar surface area (TPSA) is 32.3 Å². The minimum Gasteiger partial charge on any atom is -0.342 e. The molecular weight excluding hydrogens is 352 g/mol. The molecule has 1 aromatic carbocycles. The van der Waals surface area contributed by atoms with Crippen molar-refractivity contribution in [1.29, 1.82) is 0 Å². The van der Waals surface area contributed by atoms with Gasteiger partial charge in [0.25, 0.3) is 0 Å². The number of piperidine rings is 1. The lowest BCUT2D eigenvalue weighted by Crippen LogP contribution is -2.53. The van der Waals surface area contributed by atoms with Crippen LogP contribution >= 0.6 is 15.9 Å². The molecule has 1 saturated carbocycles. The smallest absolute Gasteiger partial charge is 0.233 e. The van der Waals surface area contributed by atoms with E-state index in [4.69, 9.17) is 0 Å². The molecule has 1 aliphatic heterocycles.